The van der Waals surface area contributed by atoms with Gasteiger partial charge in [0.2, 0.25) is 5.96 Å². The molecule has 34 heavy (non-hydrogen) atoms. The van der Waals surface area contributed by atoms with E-state index in [9.17, 15) is 4.79 Å². The molecule has 1 fully saturated rings. The molecule has 2 N–H and O–H groups in total. The molecule has 0 spiro atoms. The number of nitrogens with one attached hydrogen (secondary N) is 2. The SMILES string of the molecule is Cc1cc(C)nc(/N=C(\NC(=O)Nc2ccc(Cl)c(Cl)c2)N2CCN(c3ccccn3)CC2)n1. The lowest BCUT2D eigenvalue weighted by atomic mass is 10.3. The van der Waals surface area contributed by atoms with E-state index in [1.165, 1.54) is 0 Å². The van der Waals surface area contributed by atoms with Crippen molar-refractivity contribution in [2.24, 2.45) is 4.99 Å². The average Bonchev–Trinajstić information content (AvgIpc) is 2.81. The molecule has 0 atom stereocenters. The number of urea groups is 1. The average molecular weight is 499 g/mol. The van der Waals surface area contributed by atoms with E-state index < -0.39 is 6.03 Å². The first-order valence-corrected chi connectivity index (χ1v) is 11.5. The van der Waals surface area contributed by atoms with Crippen molar-refractivity contribution in [2.45, 2.75) is 13.8 Å². The molecule has 3 heterocycles. The number of halogens is 2. The van der Waals surface area contributed by atoms with Crippen LogP contribution in [0.3, 0.4) is 0 Å². The smallest absolute Gasteiger partial charge is 0.326 e. The molecular formula is C23H24Cl2N8O. The Kier molecular flexibility index (Phi) is 7.44. The van der Waals surface area contributed by atoms with Crippen LogP contribution in [0.4, 0.5) is 22.2 Å². The third-order valence-corrected chi connectivity index (χ3v) is 5.87. The highest BCUT2D eigenvalue weighted by Crippen LogP contribution is 2.25. The van der Waals surface area contributed by atoms with Crippen LogP contribution in [0.2, 0.25) is 10.0 Å². The van der Waals surface area contributed by atoms with Gasteiger partial charge in [-0.1, -0.05) is 29.3 Å². The number of hydrogen-bond donors (Lipinski definition) is 2. The topological polar surface area (TPSA) is 98.6 Å². The summed E-state index contributed by atoms with van der Waals surface area (Å²) in [6.07, 6.45) is 1.78. The van der Waals surface area contributed by atoms with E-state index in [0.717, 1.165) is 30.3 Å². The van der Waals surface area contributed by atoms with Gasteiger partial charge in [0.05, 0.1) is 10.0 Å². The van der Waals surface area contributed by atoms with Gasteiger partial charge in [-0.15, -0.1) is 0 Å². The largest absolute Gasteiger partial charge is 0.353 e. The first kappa shape index (κ1) is 23.7. The minimum atomic E-state index is -0.464. The van der Waals surface area contributed by atoms with Crippen LogP contribution in [0.5, 0.6) is 0 Å². The van der Waals surface area contributed by atoms with Crippen molar-refractivity contribution in [3.8, 4) is 0 Å². The molecule has 1 aromatic carbocycles. The van der Waals surface area contributed by atoms with E-state index in [1.54, 1.807) is 24.4 Å². The van der Waals surface area contributed by atoms with Crippen molar-refractivity contribution in [3.63, 3.8) is 0 Å². The van der Waals surface area contributed by atoms with Crippen LogP contribution in [0.25, 0.3) is 0 Å². The summed E-state index contributed by atoms with van der Waals surface area (Å²) < 4.78 is 0. The van der Waals surface area contributed by atoms with Gasteiger partial charge in [-0.25, -0.2) is 19.7 Å². The molecule has 3 aromatic rings. The predicted octanol–water partition coefficient (Wildman–Crippen LogP) is 4.43. The van der Waals surface area contributed by atoms with Crippen molar-refractivity contribution in [1.82, 2.24) is 25.2 Å². The van der Waals surface area contributed by atoms with Gasteiger partial charge in [0.15, 0.2) is 0 Å². The number of carbonyl (C=O) groups is 1. The lowest BCUT2D eigenvalue weighted by Gasteiger charge is -2.36. The zero-order valence-electron chi connectivity index (χ0n) is 18.8. The zero-order chi connectivity index (χ0) is 24.1. The Labute approximate surface area is 207 Å². The van der Waals surface area contributed by atoms with Crippen molar-refractivity contribution in [1.29, 1.82) is 0 Å². The number of nitrogens with zero attached hydrogens (tertiary/aromatic N) is 6. The van der Waals surface area contributed by atoms with Crippen molar-refractivity contribution >= 4 is 52.6 Å². The number of amides is 2. The molecule has 1 saturated heterocycles. The van der Waals surface area contributed by atoms with E-state index in [4.69, 9.17) is 23.2 Å². The molecule has 176 valence electrons. The third-order valence-electron chi connectivity index (χ3n) is 5.13. The molecule has 2 aromatic heterocycles. The molecule has 1 aliphatic heterocycles. The van der Waals surface area contributed by atoms with Gasteiger partial charge in [0.25, 0.3) is 5.95 Å². The number of benzene rings is 1. The fourth-order valence-corrected chi connectivity index (χ4v) is 3.85. The molecule has 2 amide bonds. The molecule has 1 aliphatic rings. The molecule has 4 rings (SSSR count). The van der Waals surface area contributed by atoms with E-state index >= 15 is 0 Å². The summed E-state index contributed by atoms with van der Waals surface area (Å²) in [7, 11) is 0. The molecule has 0 radical (unpaired) electrons. The molecule has 11 heteroatoms. The van der Waals surface area contributed by atoms with Gasteiger partial charge in [0.1, 0.15) is 5.82 Å². The quantitative estimate of drug-likeness (QED) is 0.409. The molecular weight excluding hydrogens is 475 g/mol. The predicted molar refractivity (Wildman–Crippen MR) is 135 cm³/mol. The number of aryl methyl sites for hydroxylation is 2. The van der Waals surface area contributed by atoms with Crippen LogP contribution >= 0.6 is 23.2 Å². The highest BCUT2D eigenvalue weighted by molar-refractivity contribution is 6.42. The number of hydrogen-bond acceptors (Lipinski definition) is 6. The Balaban J connectivity index is 1.52. The van der Waals surface area contributed by atoms with Crippen LogP contribution in [-0.2, 0) is 0 Å². The minimum Gasteiger partial charge on any atom is -0.353 e. The summed E-state index contributed by atoms with van der Waals surface area (Å²) in [6, 6.07) is 12.1. The van der Waals surface area contributed by atoms with Gasteiger partial charge < -0.3 is 15.1 Å². The van der Waals surface area contributed by atoms with E-state index in [0.29, 0.717) is 34.8 Å². The Bertz CT molecular complexity index is 1180. The van der Waals surface area contributed by atoms with Crippen molar-refractivity contribution < 1.29 is 4.79 Å². The maximum Gasteiger partial charge on any atom is 0.326 e. The number of anilines is 2. The minimum absolute atomic E-state index is 0.287. The number of guanidine groups is 1. The second kappa shape index (κ2) is 10.7. The van der Waals surface area contributed by atoms with Gasteiger partial charge in [-0.2, -0.15) is 4.99 Å². The standard InChI is InChI=1S/C23H24Cl2N8O/c1-15-13-16(2)28-21(27-15)30-22(31-23(34)29-17-6-7-18(24)19(25)14-17)33-11-9-32(10-12-33)20-5-3-4-8-26-20/h3-8,13-14H,9-12H2,1-2H3,(H2,27,28,29,30,31,34). The summed E-state index contributed by atoms with van der Waals surface area (Å²) in [4.78, 5) is 34.8. The number of rotatable bonds is 3. The summed E-state index contributed by atoms with van der Waals surface area (Å²) in [5.74, 6) is 1.57. The summed E-state index contributed by atoms with van der Waals surface area (Å²) in [5, 5.41) is 6.37. The van der Waals surface area contributed by atoms with Gasteiger partial charge in [0, 0.05) is 49.5 Å². The monoisotopic (exact) mass is 498 g/mol. The number of carbonyl (C=O) groups excluding carboxylic acids is 1. The van der Waals surface area contributed by atoms with E-state index in [1.807, 2.05) is 43.0 Å². The summed E-state index contributed by atoms with van der Waals surface area (Å²) in [6.45, 7) is 6.47. The Hall–Kier alpha value is -3.43. The molecule has 0 saturated carbocycles. The van der Waals surface area contributed by atoms with Crippen LogP contribution in [-0.4, -0.2) is 58.0 Å². The number of pyridine rings is 1. The van der Waals surface area contributed by atoms with Gasteiger partial charge in [-0.05, 0) is 50.2 Å². The van der Waals surface area contributed by atoms with E-state index in [2.05, 4.69) is 35.5 Å². The fraction of sp³-hybridized carbons (Fsp3) is 0.261. The normalized spacial score (nSPS) is 14.2. The summed E-state index contributed by atoms with van der Waals surface area (Å²) >= 11 is 12.0. The Morgan fingerprint density at radius 1 is 0.971 bits per heavy atom. The lowest BCUT2D eigenvalue weighted by Crippen LogP contribution is -2.54. The molecule has 0 bridgehead atoms. The fourth-order valence-electron chi connectivity index (χ4n) is 3.56. The Morgan fingerprint density at radius 2 is 1.71 bits per heavy atom. The number of piperazine rings is 1. The maximum atomic E-state index is 12.8. The molecule has 0 unspecified atom stereocenters. The highest BCUT2D eigenvalue weighted by atomic mass is 35.5. The lowest BCUT2D eigenvalue weighted by molar-refractivity contribution is 0.254. The third kappa shape index (κ3) is 6.12. The molecule has 9 nitrogen and oxygen atoms in total. The van der Waals surface area contributed by atoms with Crippen LogP contribution in [0, 0.1) is 13.8 Å². The second-order valence-electron chi connectivity index (χ2n) is 7.76. The highest BCUT2D eigenvalue weighted by Gasteiger charge is 2.23. The number of aliphatic imine (C=N–C) groups is 1. The Morgan fingerprint density at radius 3 is 2.35 bits per heavy atom. The molecule has 0 aliphatic carbocycles. The van der Waals surface area contributed by atoms with Crippen molar-refractivity contribution in [2.75, 3.05) is 36.4 Å². The second-order valence-corrected chi connectivity index (χ2v) is 8.57. The first-order valence-electron chi connectivity index (χ1n) is 10.7. The van der Waals surface area contributed by atoms with Crippen LogP contribution < -0.4 is 15.5 Å². The first-order chi connectivity index (χ1) is 16.4. The van der Waals surface area contributed by atoms with Crippen LogP contribution in [0.1, 0.15) is 11.4 Å². The van der Waals surface area contributed by atoms with Crippen LogP contribution in [0.15, 0.2) is 53.7 Å². The summed E-state index contributed by atoms with van der Waals surface area (Å²) in [5.41, 5.74) is 2.10. The van der Waals surface area contributed by atoms with Crippen molar-refractivity contribution in [3.05, 3.63) is 70.1 Å². The maximum absolute atomic E-state index is 12.8. The van der Waals surface area contributed by atoms with Gasteiger partial charge in [-0.3, -0.25) is 5.32 Å². The number of aromatic nitrogens is 3. The zero-order valence-corrected chi connectivity index (χ0v) is 20.3. The van der Waals surface area contributed by atoms with Gasteiger partial charge >= 0.3 is 6.03 Å². The van der Waals surface area contributed by atoms with E-state index in [-0.39, 0.29) is 5.95 Å².